The molecule has 6 heteroatoms. The fourth-order valence-electron chi connectivity index (χ4n) is 2.09. The molecule has 0 spiro atoms. The van der Waals surface area contributed by atoms with Crippen molar-refractivity contribution in [3.8, 4) is 0 Å². The van der Waals surface area contributed by atoms with Gasteiger partial charge in [0.1, 0.15) is 0 Å². The lowest BCUT2D eigenvalue weighted by Gasteiger charge is -2.19. The number of benzene rings is 1. The van der Waals surface area contributed by atoms with Gasteiger partial charge >= 0.3 is 6.03 Å². The number of rotatable bonds is 8. The lowest BCUT2D eigenvalue weighted by molar-refractivity contribution is -0.121. The van der Waals surface area contributed by atoms with Crippen LogP contribution in [0.2, 0.25) is 0 Å². The number of methoxy groups -OCH3 is 1. The van der Waals surface area contributed by atoms with Gasteiger partial charge in [0.05, 0.1) is 12.5 Å². The van der Waals surface area contributed by atoms with Crippen LogP contribution in [0.3, 0.4) is 0 Å². The molecule has 0 radical (unpaired) electrons. The van der Waals surface area contributed by atoms with Crippen LogP contribution in [-0.2, 0) is 9.53 Å². The summed E-state index contributed by atoms with van der Waals surface area (Å²) in [5, 5.41) is 5.42. The monoisotopic (exact) mass is 293 g/mol. The van der Waals surface area contributed by atoms with Crippen LogP contribution in [0.25, 0.3) is 0 Å². The molecule has 1 rings (SSSR count). The second kappa shape index (κ2) is 8.97. The number of urea groups is 1. The molecule has 0 aliphatic heterocycles. The molecule has 3 amide bonds. The Morgan fingerprint density at radius 2 is 2.05 bits per heavy atom. The van der Waals surface area contributed by atoms with Crippen molar-refractivity contribution in [3.63, 3.8) is 0 Å². The maximum atomic E-state index is 11.9. The first-order valence-electron chi connectivity index (χ1n) is 6.91. The van der Waals surface area contributed by atoms with E-state index >= 15 is 0 Å². The summed E-state index contributed by atoms with van der Waals surface area (Å²) in [6, 6.07) is 6.52. The summed E-state index contributed by atoms with van der Waals surface area (Å²) in [6.07, 6.45) is 0.904. The van der Waals surface area contributed by atoms with Crippen LogP contribution in [0.5, 0.6) is 0 Å². The topological polar surface area (TPSA) is 93.4 Å². The number of aryl methyl sites for hydroxylation is 1. The molecule has 0 aliphatic rings. The van der Waals surface area contributed by atoms with Gasteiger partial charge in [-0.3, -0.25) is 4.79 Å². The summed E-state index contributed by atoms with van der Waals surface area (Å²) in [4.78, 5) is 23.1. The van der Waals surface area contributed by atoms with Gasteiger partial charge in [-0.15, -0.1) is 0 Å². The smallest absolute Gasteiger partial charge is 0.312 e. The quantitative estimate of drug-likeness (QED) is 0.630. The molecule has 0 bridgehead atoms. The predicted octanol–water partition coefficient (Wildman–Crippen LogP) is 1.25. The molecule has 6 nitrogen and oxygen atoms in total. The van der Waals surface area contributed by atoms with Crippen LogP contribution in [0.4, 0.5) is 4.79 Å². The minimum atomic E-state index is -0.643. The lowest BCUT2D eigenvalue weighted by atomic mass is 9.98. The summed E-state index contributed by atoms with van der Waals surface area (Å²) in [6.45, 7) is 3.08. The van der Waals surface area contributed by atoms with E-state index in [9.17, 15) is 9.59 Å². The van der Waals surface area contributed by atoms with Gasteiger partial charge in [0.25, 0.3) is 0 Å². The molecular formula is C15H23N3O3. The minimum Gasteiger partial charge on any atom is -0.385 e. The Morgan fingerprint density at radius 1 is 1.33 bits per heavy atom. The predicted molar refractivity (Wildman–Crippen MR) is 80.8 cm³/mol. The van der Waals surface area contributed by atoms with Gasteiger partial charge in [0.2, 0.25) is 5.91 Å². The Hall–Kier alpha value is -2.08. The number of amides is 3. The van der Waals surface area contributed by atoms with Crippen molar-refractivity contribution in [1.82, 2.24) is 10.6 Å². The first-order chi connectivity index (χ1) is 10.0. The highest BCUT2D eigenvalue weighted by atomic mass is 16.5. The maximum absolute atomic E-state index is 11.9. The average Bonchev–Trinajstić information content (AvgIpc) is 2.43. The Morgan fingerprint density at radius 3 is 2.67 bits per heavy atom. The van der Waals surface area contributed by atoms with Crippen molar-refractivity contribution in [3.05, 3.63) is 35.4 Å². The molecule has 0 heterocycles. The van der Waals surface area contributed by atoms with Gasteiger partial charge in [0.15, 0.2) is 0 Å². The Labute approximate surface area is 125 Å². The van der Waals surface area contributed by atoms with Crippen LogP contribution >= 0.6 is 0 Å². The number of nitrogens with one attached hydrogen (secondary N) is 2. The molecule has 1 aromatic carbocycles. The molecule has 0 saturated carbocycles. The number of ether oxygens (including phenoxy) is 1. The van der Waals surface area contributed by atoms with Crippen LogP contribution < -0.4 is 16.4 Å². The molecule has 0 fully saturated rings. The number of hydrogen-bond acceptors (Lipinski definition) is 3. The summed E-state index contributed by atoms with van der Waals surface area (Å²) in [7, 11) is 1.62. The minimum absolute atomic E-state index is 0.131. The third-order valence-corrected chi connectivity index (χ3v) is 3.12. The molecule has 0 saturated heterocycles. The van der Waals surface area contributed by atoms with Gasteiger partial charge < -0.3 is 21.1 Å². The van der Waals surface area contributed by atoms with Crippen molar-refractivity contribution < 1.29 is 14.3 Å². The summed E-state index contributed by atoms with van der Waals surface area (Å²) < 4.78 is 4.92. The van der Waals surface area contributed by atoms with Crippen molar-refractivity contribution >= 4 is 11.9 Å². The first-order valence-corrected chi connectivity index (χ1v) is 6.91. The maximum Gasteiger partial charge on any atom is 0.312 e. The Kier molecular flexibility index (Phi) is 7.25. The third kappa shape index (κ3) is 6.27. The molecule has 4 N–H and O–H groups in total. The van der Waals surface area contributed by atoms with Gasteiger partial charge in [-0.05, 0) is 24.5 Å². The summed E-state index contributed by atoms with van der Waals surface area (Å²) in [5.74, 6) is -0.131. The number of hydrogen-bond donors (Lipinski definition) is 3. The molecule has 0 aliphatic carbocycles. The fourth-order valence-corrected chi connectivity index (χ4v) is 2.09. The number of nitrogens with two attached hydrogens (primary N) is 1. The van der Waals surface area contributed by atoms with E-state index in [1.54, 1.807) is 7.11 Å². The fraction of sp³-hybridized carbons (Fsp3) is 0.467. The van der Waals surface area contributed by atoms with Crippen molar-refractivity contribution in [2.75, 3.05) is 20.3 Å². The summed E-state index contributed by atoms with van der Waals surface area (Å²) in [5.41, 5.74) is 7.09. The standard InChI is InChI=1S/C15H23N3O3/c1-11-6-3-4-7-12(11)13(18-15(16)20)10-14(19)17-8-5-9-21-2/h3-4,6-7,13H,5,8-10H2,1-2H3,(H,17,19)(H3,16,18,20). The van der Waals surface area contributed by atoms with Gasteiger partial charge in [-0.25, -0.2) is 4.79 Å². The van der Waals surface area contributed by atoms with Crippen LogP contribution in [0.15, 0.2) is 24.3 Å². The SMILES string of the molecule is COCCCNC(=O)CC(NC(N)=O)c1ccccc1C. The first kappa shape index (κ1) is 17.0. The van der Waals surface area contributed by atoms with Gasteiger partial charge in [-0.1, -0.05) is 24.3 Å². The molecular weight excluding hydrogens is 270 g/mol. The third-order valence-electron chi connectivity index (χ3n) is 3.12. The van der Waals surface area contributed by atoms with Crippen LogP contribution in [0.1, 0.15) is 30.0 Å². The van der Waals surface area contributed by atoms with Crippen LogP contribution in [-0.4, -0.2) is 32.2 Å². The Bertz CT molecular complexity index is 477. The largest absolute Gasteiger partial charge is 0.385 e. The van der Waals surface area contributed by atoms with E-state index in [0.717, 1.165) is 17.5 Å². The van der Waals surface area contributed by atoms with E-state index in [1.165, 1.54) is 0 Å². The van der Waals surface area contributed by atoms with E-state index in [2.05, 4.69) is 10.6 Å². The molecule has 116 valence electrons. The Balaban J connectivity index is 2.64. The van der Waals surface area contributed by atoms with E-state index < -0.39 is 12.1 Å². The van der Waals surface area contributed by atoms with E-state index in [4.69, 9.17) is 10.5 Å². The van der Waals surface area contributed by atoms with Crippen molar-refractivity contribution in [1.29, 1.82) is 0 Å². The average molecular weight is 293 g/mol. The van der Waals surface area contributed by atoms with E-state index in [-0.39, 0.29) is 12.3 Å². The van der Waals surface area contributed by atoms with Gasteiger partial charge in [0, 0.05) is 20.3 Å². The van der Waals surface area contributed by atoms with Crippen molar-refractivity contribution in [2.45, 2.75) is 25.8 Å². The number of carbonyl (C=O) groups is 2. The molecule has 21 heavy (non-hydrogen) atoms. The van der Waals surface area contributed by atoms with E-state index in [0.29, 0.717) is 13.2 Å². The molecule has 0 aromatic heterocycles. The van der Waals surface area contributed by atoms with Crippen molar-refractivity contribution in [2.24, 2.45) is 5.73 Å². The highest BCUT2D eigenvalue weighted by Crippen LogP contribution is 2.20. The number of primary amides is 1. The lowest BCUT2D eigenvalue weighted by Crippen LogP contribution is -2.37. The van der Waals surface area contributed by atoms with Gasteiger partial charge in [-0.2, -0.15) is 0 Å². The van der Waals surface area contributed by atoms with Crippen LogP contribution in [0, 0.1) is 6.92 Å². The molecule has 1 aromatic rings. The zero-order valence-corrected chi connectivity index (χ0v) is 12.5. The zero-order valence-electron chi connectivity index (χ0n) is 12.5. The highest BCUT2D eigenvalue weighted by Gasteiger charge is 2.18. The second-order valence-electron chi connectivity index (χ2n) is 4.82. The molecule has 1 atom stereocenters. The highest BCUT2D eigenvalue weighted by molar-refractivity contribution is 5.78. The summed E-state index contributed by atoms with van der Waals surface area (Å²) >= 11 is 0. The normalized spacial score (nSPS) is 11.7. The molecule has 1 unspecified atom stereocenters. The zero-order chi connectivity index (χ0) is 15.7. The second-order valence-corrected chi connectivity index (χ2v) is 4.82. The van der Waals surface area contributed by atoms with E-state index in [1.807, 2.05) is 31.2 Å². The number of carbonyl (C=O) groups excluding carboxylic acids is 2.